The van der Waals surface area contributed by atoms with Gasteiger partial charge < -0.3 is 9.64 Å². The highest BCUT2D eigenvalue weighted by molar-refractivity contribution is 7.91. The van der Waals surface area contributed by atoms with Gasteiger partial charge in [0.1, 0.15) is 12.4 Å². The Bertz CT molecular complexity index is 1050. The van der Waals surface area contributed by atoms with Gasteiger partial charge in [-0.1, -0.05) is 6.42 Å². The molecule has 8 nitrogen and oxygen atoms in total. The van der Waals surface area contributed by atoms with E-state index in [0.29, 0.717) is 25.6 Å². The third-order valence-electron chi connectivity index (χ3n) is 7.27. The molecule has 0 aromatic carbocycles. The van der Waals surface area contributed by atoms with Crippen molar-refractivity contribution in [3.05, 3.63) is 18.5 Å². The van der Waals surface area contributed by atoms with Crippen LogP contribution in [0, 0.1) is 0 Å². The molecule has 0 aliphatic carbocycles. The number of anilines is 1. The van der Waals surface area contributed by atoms with Crippen LogP contribution >= 0.6 is 0 Å². The van der Waals surface area contributed by atoms with Gasteiger partial charge in [-0.3, -0.25) is 9.88 Å². The Kier molecular flexibility index (Phi) is 5.50. The maximum absolute atomic E-state index is 12.3. The molecule has 0 saturated carbocycles. The van der Waals surface area contributed by atoms with E-state index in [9.17, 15) is 8.42 Å². The minimum absolute atomic E-state index is 0.126. The molecule has 2 aromatic rings. The van der Waals surface area contributed by atoms with E-state index in [0.717, 1.165) is 49.2 Å². The first-order valence-electron chi connectivity index (χ1n) is 11.4. The van der Waals surface area contributed by atoms with Crippen LogP contribution < -0.4 is 9.64 Å². The minimum Gasteiger partial charge on any atom is -0.461 e. The quantitative estimate of drug-likeness (QED) is 0.693. The van der Waals surface area contributed by atoms with Gasteiger partial charge in [0.2, 0.25) is 0 Å². The van der Waals surface area contributed by atoms with Gasteiger partial charge in [0.15, 0.2) is 9.84 Å². The lowest BCUT2D eigenvalue weighted by molar-refractivity contribution is 0.108. The standard InChI is InChI=1S/C22H31N5O3S/c1-31(28,29)17-6-2-3-11-26(15-17)20-18-14-23-10-7-19(18)24-21(25-20)30-16-22-8-4-12-27(22)13-5-9-22/h7,10,14,17H,2-6,8-9,11-13,15-16H2,1H3. The summed E-state index contributed by atoms with van der Waals surface area (Å²) in [6.45, 7) is 4.12. The van der Waals surface area contributed by atoms with E-state index < -0.39 is 9.84 Å². The van der Waals surface area contributed by atoms with Crippen molar-refractivity contribution in [2.75, 3.05) is 43.9 Å². The Hall–Kier alpha value is -2.00. The molecule has 1 unspecified atom stereocenters. The van der Waals surface area contributed by atoms with Gasteiger partial charge in [-0.05, 0) is 57.7 Å². The Balaban J connectivity index is 1.46. The minimum atomic E-state index is -3.12. The largest absolute Gasteiger partial charge is 0.461 e. The zero-order valence-electron chi connectivity index (χ0n) is 18.2. The molecule has 3 aliphatic rings. The van der Waals surface area contributed by atoms with Crippen LogP contribution in [0.1, 0.15) is 44.9 Å². The van der Waals surface area contributed by atoms with Crippen molar-refractivity contribution in [1.29, 1.82) is 0 Å². The fraction of sp³-hybridized carbons (Fsp3) is 0.682. The van der Waals surface area contributed by atoms with E-state index in [-0.39, 0.29) is 10.8 Å². The molecule has 168 valence electrons. The molecule has 3 aliphatic heterocycles. The number of pyridine rings is 1. The highest BCUT2D eigenvalue weighted by atomic mass is 32.2. The lowest BCUT2D eigenvalue weighted by Gasteiger charge is -2.31. The zero-order chi connectivity index (χ0) is 21.5. The summed E-state index contributed by atoms with van der Waals surface area (Å²) in [6.07, 6.45) is 12.1. The Labute approximate surface area is 183 Å². The molecular weight excluding hydrogens is 414 g/mol. The second kappa shape index (κ2) is 8.16. The maximum Gasteiger partial charge on any atom is 0.319 e. The molecule has 0 bridgehead atoms. The number of rotatable bonds is 5. The normalized spacial score (nSPS) is 24.3. The molecule has 31 heavy (non-hydrogen) atoms. The van der Waals surface area contributed by atoms with Crippen molar-refractivity contribution >= 4 is 26.6 Å². The van der Waals surface area contributed by atoms with E-state index in [1.54, 1.807) is 12.4 Å². The molecule has 0 radical (unpaired) electrons. The van der Waals surface area contributed by atoms with Crippen molar-refractivity contribution in [3.8, 4) is 6.01 Å². The molecule has 0 N–H and O–H groups in total. The number of hydrogen-bond donors (Lipinski definition) is 0. The smallest absolute Gasteiger partial charge is 0.319 e. The first-order valence-corrected chi connectivity index (χ1v) is 13.3. The molecule has 3 fully saturated rings. The van der Waals surface area contributed by atoms with Crippen molar-refractivity contribution < 1.29 is 13.2 Å². The Morgan fingerprint density at radius 1 is 1.13 bits per heavy atom. The summed E-state index contributed by atoms with van der Waals surface area (Å²) in [5.74, 6) is 0.732. The maximum atomic E-state index is 12.3. The van der Waals surface area contributed by atoms with Gasteiger partial charge >= 0.3 is 6.01 Å². The number of hydrogen-bond acceptors (Lipinski definition) is 8. The predicted molar refractivity (Wildman–Crippen MR) is 120 cm³/mol. The fourth-order valence-corrected chi connectivity index (χ4v) is 6.59. The van der Waals surface area contributed by atoms with Crippen molar-refractivity contribution in [1.82, 2.24) is 19.9 Å². The summed E-state index contributed by atoms with van der Waals surface area (Å²) in [7, 11) is -3.12. The summed E-state index contributed by atoms with van der Waals surface area (Å²) in [4.78, 5) is 18.4. The second-order valence-corrected chi connectivity index (χ2v) is 11.6. The van der Waals surface area contributed by atoms with E-state index >= 15 is 0 Å². The van der Waals surface area contributed by atoms with Crippen LogP contribution in [-0.4, -0.2) is 78.1 Å². The van der Waals surface area contributed by atoms with Crippen LogP contribution in [-0.2, 0) is 9.84 Å². The van der Waals surface area contributed by atoms with Gasteiger partial charge in [-0.2, -0.15) is 9.97 Å². The molecule has 1 atom stereocenters. The van der Waals surface area contributed by atoms with Crippen LogP contribution in [0.25, 0.3) is 10.9 Å². The molecule has 3 saturated heterocycles. The first kappa shape index (κ1) is 20.9. The number of nitrogens with zero attached hydrogens (tertiary/aromatic N) is 5. The number of aromatic nitrogens is 3. The topological polar surface area (TPSA) is 88.5 Å². The van der Waals surface area contributed by atoms with Crippen LogP contribution in [0.5, 0.6) is 6.01 Å². The summed E-state index contributed by atoms with van der Waals surface area (Å²) in [6, 6.07) is 2.25. The first-order chi connectivity index (χ1) is 14.9. The molecule has 5 heterocycles. The van der Waals surface area contributed by atoms with Crippen LogP contribution in [0.4, 0.5) is 5.82 Å². The van der Waals surface area contributed by atoms with Gasteiger partial charge in [0.25, 0.3) is 0 Å². The zero-order valence-corrected chi connectivity index (χ0v) is 19.0. The Morgan fingerprint density at radius 2 is 1.94 bits per heavy atom. The second-order valence-electron chi connectivity index (χ2n) is 9.32. The molecule has 9 heteroatoms. The number of sulfone groups is 1. The SMILES string of the molecule is CS(=O)(=O)C1CCCCN(c2nc(OCC34CCCN3CCC4)nc3ccncc23)C1. The third kappa shape index (κ3) is 4.09. The van der Waals surface area contributed by atoms with Gasteiger partial charge in [-0.15, -0.1) is 0 Å². The summed E-state index contributed by atoms with van der Waals surface area (Å²) < 4.78 is 30.8. The van der Waals surface area contributed by atoms with Crippen molar-refractivity contribution in [3.63, 3.8) is 0 Å². The van der Waals surface area contributed by atoms with Crippen molar-refractivity contribution in [2.24, 2.45) is 0 Å². The van der Waals surface area contributed by atoms with Crippen LogP contribution in [0.2, 0.25) is 0 Å². The Morgan fingerprint density at radius 3 is 2.71 bits per heavy atom. The average molecular weight is 446 g/mol. The lowest BCUT2D eigenvalue weighted by atomic mass is 9.95. The predicted octanol–water partition coefficient (Wildman–Crippen LogP) is 2.44. The summed E-state index contributed by atoms with van der Waals surface area (Å²) in [5, 5.41) is 0.455. The molecule has 0 amide bonds. The molecule has 5 rings (SSSR count). The van der Waals surface area contributed by atoms with Gasteiger partial charge in [0.05, 0.1) is 21.7 Å². The van der Waals surface area contributed by atoms with E-state index in [4.69, 9.17) is 9.72 Å². The third-order valence-corrected chi connectivity index (χ3v) is 8.87. The molecular formula is C22H31N5O3S. The monoisotopic (exact) mass is 445 g/mol. The van der Waals surface area contributed by atoms with Gasteiger partial charge in [0, 0.05) is 31.7 Å². The van der Waals surface area contributed by atoms with E-state index in [1.807, 2.05) is 6.07 Å². The van der Waals surface area contributed by atoms with E-state index in [2.05, 4.69) is 19.8 Å². The molecule has 2 aromatic heterocycles. The number of fused-ring (bicyclic) bond motifs is 2. The van der Waals surface area contributed by atoms with Gasteiger partial charge in [-0.25, -0.2) is 8.42 Å². The van der Waals surface area contributed by atoms with Crippen LogP contribution in [0.3, 0.4) is 0 Å². The summed E-state index contributed by atoms with van der Waals surface area (Å²) >= 11 is 0. The number of ether oxygens (including phenoxy) is 1. The average Bonchev–Trinajstić information content (AvgIpc) is 3.21. The molecule has 0 spiro atoms. The lowest BCUT2D eigenvalue weighted by Crippen LogP contribution is -2.43. The van der Waals surface area contributed by atoms with Crippen molar-refractivity contribution in [2.45, 2.75) is 55.7 Å². The fourth-order valence-electron chi connectivity index (χ4n) is 5.55. The van der Waals surface area contributed by atoms with E-state index in [1.165, 1.54) is 31.9 Å². The van der Waals surface area contributed by atoms with Crippen LogP contribution in [0.15, 0.2) is 18.5 Å². The highest BCUT2D eigenvalue weighted by Gasteiger charge is 2.45. The highest BCUT2D eigenvalue weighted by Crippen LogP contribution is 2.39. The summed E-state index contributed by atoms with van der Waals surface area (Å²) in [5.41, 5.74) is 0.906.